The van der Waals surface area contributed by atoms with Gasteiger partial charge in [-0.3, -0.25) is 48.3 Å². The van der Waals surface area contributed by atoms with E-state index >= 15 is 0 Å². The largest absolute Gasteiger partial charge is 0.491 e. The second-order valence-corrected chi connectivity index (χ2v) is 14.1. The lowest BCUT2D eigenvalue weighted by molar-refractivity contribution is 0.0991. The molecule has 6 heterocycles. The number of anilines is 2. The second kappa shape index (κ2) is 14.6. The number of carbonyl (C=O) groups excluding carboxylic acids is 4. The smallest absolute Gasteiger partial charge is 0.276 e. The van der Waals surface area contributed by atoms with E-state index in [1.54, 1.807) is 45.8 Å². The zero-order valence-electron chi connectivity index (χ0n) is 31.9. The normalized spacial score (nSPS) is 16.3. The molecule has 6 N–H and O–H groups in total. The molecule has 0 aliphatic carbocycles. The number of aromatic nitrogens is 8. The van der Waals surface area contributed by atoms with E-state index in [9.17, 15) is 19.2 Å². The van der Waals surface area contributed by atoms with Gasteiger partial charge in [0.05, 0.1) is 41.1 Å². The van der Waals surface area contributed by atoms with Crippen LogP contribution in [0.15, 0.2) is 48.6 Å². The van der Waals surface area contributed by atoms with E-state index in [0.29, 0.717) is 95.3 Å². The Morgan fingerprint density at radius 3 is 1.84 bits per heavy atom. The maximum atomic E-state index is 13.7. The number of hydrogen-bond acceptors (Lipinski definition) is 10. The number of primary amides is 2. The number of nitrogens with one attached hydrogen (secondary N) is 2. The van der Waals surface area contributed by atoms with Crippen LogP contribution in [0.4, 0.5) is 11.9 Å². The van der Waals surface area contributed by atoms with Gasteiger partial charge in [0.25, 0.3) is 11.8 Å². The van der Waals surface area contributed by atoms with Crippen molar-refractivity contribution < 1.29 is 28.7 Å². The Balaban J connectivity index is 1.16. The predicted molar refractivity (Wildman–Crippen MR) is 210 cm³/mol. The van der Waals surface area contributed by atoms with Crippen molar-refractivity contribution in [3.05, 3.63) is 82.5 Å². The van der Waals surface area contributed by atoms with E-state index in [4.69, 9.17) is 30.9 Å². The number of imidazole rings is 2. The van der Waals surface area contributed by atoms with Crippen LogP contribution in [0.5, 0.6) is 11.5 Å². The first-order chi connectivity index (χ1) is 27.4. The van der Waals surface area contributed by atoms with E-state index in [0.717, 1.165) is 0 Å². The molecule has 1 unspecified atom stereocenters. The maximum absolute atomic E-state index is 13.7. The summed E-state index contributed by atoms with van der Waals surface area (Å²) in [6.07, 6.45) is 5.82. The van der Waals surface area contributed by atoms with Crippen LogP contribution in [-0.4, -0.2) is 75.5 Å². The molecule has 57 heavy (non-hydrogen) atoms. The molecule has 2 atom stereocenters. The van der Waals surface area contributed by atoms with Gasteiger partial charge in [0.1, 0.15) is 40.5 Å². The Morgan fingerprint density at radius 2 is 1.30 bits per heavy atom. The Kier molecular flexibility index (Phi) is 9.46. The minimum atomic E-state index is -0.630. The lowest BCUT2D eigenvalue weighted by Crippen LogP contribution is -2.26. The van der Waals surface area contributed by atoms with Crippen molar-refractivity contribution in [1.29, 1.82) is 0 Å². The highest BCUT2D eigenvalue weighted by molar-refractivity contribution is 6.05. The number of amides is 4. The van der Waals surface area contributed by atoms with Crippen LogP contribution in [0.1, 0.15) is 98.3 Å². The molecule has 0 fully saturated rings. The summed E-state index contributed by atoms with van der Waals surface area (Å²) in [7, 11) is 0. The average Bonchev–Trinajstić information content (AvgIpc) is 3.95. The first kappa shape index (κ1) is 37.0. The van der Waals surface area contributed by atoms with Crippen molar-refractivity contribution >= 4 is 57.6 Å². The number of rotatable bonds is 11. The molecule has 0 saturated heterocycles. The predicted octanol–water partition coefficient (Wildman–Crippen LogP) is 4.43. The molecule has 0 bridgehead atoms. The lowest BCUT2D eigenvalue weighted by Gasteiger charge is -2.27. The molecule has 0 saturated carbocycles. The summed E-state index contributed by atoms with van der Waals surface area (Å²) < 4.78 is 19.4. The third-order valence-electron chi connectivity index (χ3n) is 10.2. The number of aryl methyl sites for hydroxylation is 4. The third kappa shape index (κ3) is 6.72. The summed E-state index contributed by atoms with van der Waals surface area (Å²) >= 11 is 0. The summed E-state index contributed by atoms with van der Waals surface area (Å²) in [5.41, 5.74) is 16.1. The zero-order chi connectivity index (χ0) is 40.1. The number of allylic oxidation sites excluding steroid dienone is 2. The van der Waals surface area contributed by atoms with Gasteiger partial charge in [-0.05, 0) is 83.4 Å². The van der Waals surface area contributed by atoms with Crippen LogP contribution >= 0.6 is 0 Å². The highest BCUT2D eigenvalue weighted by Gasteiger charge is 2.30. The Hall–Kier alpha value is -6.98. The van der Waals surface area contributed by atoms with Crippen LogP contribution in [0, 0.1) is 13.8 Å². The van der Waals surface area contributed by atoms with Gasteiger partial charge in [-0.15, -0.1) is 0 Å². The van der Waals surface area contributed by atoms with Gasteiger partial charge in [0.15, 0.2) is 0 Å². The molecule has 6 aromatic rings. The molecular weight excluding hydrogens is 733 g/mol. The lowest BCUT2D eigenvalue weighted by atomic mass is 10.1. The molecule has 18 nitrogen and oxygen atoms in total. The highest BCUT2D eigenvalue weighted by atomic mass is 16.5. The van der Waals surface area contributed by atoms with Gasteiger partial charge < -0.3 is 20.9 Å². The summed E-state index contributed by atoms with van der Waals surface area (Å²) in [5, 5.41) is 14.8. The summed E-state index contributed by atoms with van der Waals surface area (Å²) in [4.78, 5) is 61.4. The molecule has 0 spiro atoms. The van der Waals surface area contributed by atoms with E-state index in [2.05, 4.69) is 26.9 Å². The quantitative estimate of drug-likeness (QED) is 0.135. The minimum Gasteiger partial charge on any atom is -0.491 e. The number of nitrogens with two attached hydrogens (primary N) is 2. The monoisotopic (exact) mass is 774 g/mol. The maximum Gasteiger partial charge on any atom is 0.276 e. The van der Waals surface area contributed by atoms with E-state index in [1.807, 2.05) is 42.9 Å². The van der Waals surface area contributed by atoms with Gasteiger partial charge in [0.2, 0.25) is 23.7 Å². The first-order valence-corrected chi connectivity index (χ1v) is 18.8. The van der Waals surface area contributed by atoms with Crippen molar-refractivity contribution in [3.63, 3.8) is 0 Å². The van der Waals surface area contributed by atoms with Crippen molar-refractivity contribution in [2.45, 2.75) is 72.1 Å². The van der Waals surface area contributed by atoms with Crippen LogP contribution in [-0.2, 0) is 13.1 Å². The fourth-order valence-corrected chi connectivity index (χ4v) is 7.63. The van der Waals surface area contributed by atoms with E-state index in [-0.39, 0.29) is 53.5 Å². The molecule has 2 aliphatic heterocycles. The Morgan fingerprint density at radius 1 is 0.772 bits per heavy atom. The van der Waals surface area contributed by atoms with E-state index < -0.39 is 11.8 Å². The topological polar surface area (TPSA) is 234 Å². The molecule has 4 amide bonds. The fourth-order valence-electron chi connectivity index (χ4n) is 7.63. The highest BCUT2D eigenvalue weighted by Crippen LogP contribution is 2.40. The summed E-state index contributed by atoms with van der Waals surface area (Å²) in [5.74, 6) is -0.626. The molecule has 2 aromatic carbocycles. The summed E-state index contributed by atoms with van der Waals surface area (Å²) in [6, 6.07) is 9.17. The van der Waals surface area contributed by atoms with Crippen LogP contribution < -0.4 is 31.6 Å². The van der Waals surface area contributed by atoms with Gasteiger partial charge >= 0.3 is 0 Å². The van der Waals surface area contributed by atoms with Crippen LogP contribution in [0.3, 0.4) is 0 Å². The molecular formula is C39H42N12O6. The van der Waals surface area contributed by atoms with Gasteiger partial charge in [-0.25, -0.2) is 9.97 Å². The third-order valence-corrected chi connectivity index (χ3v) is 10.2. The first-order valence-electron chi connectivity index (χ1n) is 18.8. The Labute approximate surface area is 325 Å². The van der Waals surface area contributed by atoms with Gasteiger partial charge in [0, 0.05) is 24.2 Å². The average molecular weight is 775 g/mol. The number of benzene rings is 2. The molecule has 4 aromatic heterocycles. The number of carbonyl (C=O) groups is 4. The SMILES string of the molecule is CCn1nc(C)cc1C(=O)Nc1nc2cc(C(N)=O)cc3c2n1C(/C=C/C[C@H]1COc2cc(C(N)=O)cc4nc(NC(=O)c5cc(C)nn5CC)n1c24)CCCO3. The van der Waals surface area contributed by atoms with Crippen molar-refractivity contribution in [2.75, 3.05) is 23.8 Å². The van der Waals surface area contributed by atoms with E-state index in [1.165, 1.54) is 0 Å². The number of hydrogen-bond donors (Lipinski definition) is 4. The number of ether oxygens (including phenoxy) is 2. The van der Waals surface area contributed by atoms with Crippen LogP contribution in [0.25, 0.3) is 22.1 Å². The minimum absolute atomic E-state index is 0.207. The molecule has 2 aliphatic rings. The molecule has 0 radical (unpaired) electrons. The molecule has 294 valence electrons. The van der Waals surface area contributed by atoms with Crippen molar-refractivity contribution in [1.82, 2.24) is 38.7 Å². The van der Waals surface area contributed by atoms with Gasteiger partial charge in [-0.1, -0.05) is 12.2 Å². The Bertz CT molecular complexity index is 2650. The van der Waals surface area contributed by atoms with Crippen molar-refractivity contribution in [2.24, 2.45) is 11.5 Å². The second-order valence-electron chi connectivity index (χ2n) is 14.1. The van der Waals surface area contributed by atoms with Crippen LogP contribution in [0.2, 0.25) is 0 Å². The number of nitrogens with zero attached hydrogens (tertiary/aromatic N) is 8. The molecule has 18 heteroatoms. The standard InChI is InChI=1S/C39H42N12O6/c1-5-48-28(13-20(3)46-48)36(54)44-38-42-26-15-22(34(40)52)17-30-32(26)50(38)24(11-8-12-56-30)9-7-10-25-19-57-31-18-23(35(41)53)16-27-33(31)51(25)39(43-27)45-37(55)29-14-21(4)47-49(29)6-2/h7,9,13-18,24-25H,5-6,8,10-12,19H2,1-4H3,(H2,40,52)(H2,41,53)(H,42,44,54)(H,43,45,55)/b9-7+/t24?,25-/m0/s1. The summed E-state index contributed by atoms with van der Waals surface area (Å²) in [6.45, 7) is 9.05. The van der Waals surface area contributed by atoms with Gasteiger partial charge in [-0.2, -0.15) is 10.2 Å². The zero-order valence-corrected chi connectivity index (χ0v) is 31.9. The molecule has 8 rings (SSSR count). The van der Waals surface area contributed by atoms with Crippen molar-refractivity contribution in [3.8, 4) is 11.5 Å². The fraction of sp³-hybridized carbons (Fsp3) is 0.333.